The fraction of sp³-hybridized carbons (Fsp3) is 0.571. The minimum absolute atomic E-state index is 0.00694. The molecule has 2 aliphatic rings. The molecule has 0 radical (unpaired) electrons. The Bertz CT molecular complexity index is 197. The lowest BCUT2D eigenvalue weighted by Gasteiger charge is -2.05. The highest BCUT2D eigenvalue weighted by Gasteiger charge is 2.43. The topological polar surface area (TPSA) is 46.5 Å². The SMILES string of the molecule is O=C1O[C@H]2C=CC[C@@H]2[C@@H]1O. The summed E-state index contributed by atoms with van der Waals surface area (Å²) in [6.45, 7) is 0. The summed E-state index contributed by atoms with van der Waals surface area (Å²) in [5, 5.41) is 9.15. The van der Waals surface area contributed by atoms with Gasteiger partial charge in [-0.25, -0.2) is 4.79 Å². The molecule has 3 heteroatoms. The van der Waals surface area contributed by atoms with Gasteiger partial charge in [-0.05, 0) is 12.5 Å². The highest BCUT2D eigenvalue weighted by atomic mass is 16.6. The van der Waals surface area contributed by atoms with E-state index >= 15 is 0 Å². The second-order valence-electron chi connectivity index (χ2n) is 2.67. The van der Waals surface area contributed by atoms with Gasteiger partial charge in [-0.3, -0.25) is 0 Å². The first kappa shape index (κ1) is 5.92. The third-order valence-electron chi connectivity index (χ3n) is 2.06. The number of allylic oxidation sites excluding steroid dienone is 1. The molecule has 1 aliphatic carbocycles. The first-order valence-electron chi connectivity index (χ1n) is 3.34. The molecule has 3 nitrogen and oxygen atoms in total. The van der Waals surface area contributed by atoms with Gasteiger partial charge >= 0.3 is 5.97 Å². The molecule has 0 saturated carbocycles. The van der Waals surface area contributed by atoms with Crippen molar-refractivity contribution in [2.45, 2.75) is 18.6 Å². The highest BCUT2D eigenvalue weighted by Crippen LogP contribution is 2.31. The Morgan fingerprint density at radius 3 is 3.20 bits per heavy atom. The van der Waals surface area contributed by atoms with E-state index in [-0.39, 0.29) is 12.0 Å². The minimum Gasteiger partial charge on any atom is -0.456 e. The summed E-state index contributed by atoms with van der Waals surface area (Å²) in [5.41, 5.74) is 0. The Hall–Kier alpha value is -0.830. The Labute approximate surface area is 58.3 Å². The molecule has 0 aromatic rings. The predicted molar refractivity (Wildman–Crippen MR) is 33.1 cm³/mol. The molecular weight excluding hydrogens is 132 g/mol. The fourth-order valence-electron chi connectivity index (χ4n) is 1.46. The van der Waals surface area contributed by atoms with Gasteiger partial charge in [0.25, 0.3) is 0 Å². The maximum Gasteiger partial charge on any atom is 0.336 e. The summed E-state index contributed by atoms with van der Waals surface area (Å²) < 4.78 is 4.82. The summed E-state index contributed by atoms with van der Waals surface area (Å²) in [4.78, 5) is 10.7. The number of rotatable bonds is 0. The van der Waals surface area contributed by atoms with Gasteiger partial charge in [0.2, 0.25) is 0 Å². The molecule has 1 saturated heterocycles. The van der Waals surface area contributed by atoms with E-state index in [1.807, 2.05) is 12.2 Å². The largest absolute Gasteiger partial charge is 0.456 e. The molecule has 1 fully saturated rings. The van der Waals surface area contributed by atoms with Gasteiger partial charge in [-0.1, -0.05) is 6.08 Å². The van der Waals surface area contributed by atoms with Gasteiger partial charge < -0.3 is 9.84 Å². The third-order valence-corrected chi connectivity index (χ3v) is 2.06. The Balaban J connectivity index is 2.22. The van der Waals surface area contributed by atoms with E-state index in [1.165, 1.54) is 0 Å². The number of carbonyl (C=O) groups excluding carboxylic acids is 1. The maximum absolute atomic E-state index is 10.7. The molecule has 3 atom stereocenters. The number of aliphatic hydroxyl groups is 1. The highest BCUT2D eigenvalue weighted by molar-refractivity contribution is 5.77. The van der Waals surface area contributed by atoms with E-state index < -0.39 is 12.1 Å². The van der Waals surface area contributed by atoms with Crippen LogP contribution in [0.2, 0.25) is 0 Å². The zero-order valence-electron chi connectivity index (χ0n) is 5.36. The van der Waals surface area contributed by atoms with E-state index in [0.29, 0.717) is 0 Å². The van der Waals surface area contributed by atoms with Crippen LogP contribution in [-0.2, 0) is 9.53 Å². The van der Waals surface area contributed by atoms with E-state index in [1.54, 1.807) is 0 Å². The van der Waals surface area contributed by atoms with E-state index in [9.17, 15) is 4.79 Å². The van der Waals surface area contributed by atoms with Crippen LogP contribution in [0.25, 0.3) is 0 Å². The first-order valence-corrected chi connectivity index (χ1v) is 3.34. The number of carbonyl (C=O) groups is 1. The monoisotopic (exact) mass is 140 g/mol. The quantitative estimate of drug-likeness (QED) is 0.376. The average molecular weight is 140 g/mol. The number of ether oxygens (including phenoxy) is 1. The maximum atomic E-state index is 10.7. The second-order valence-corrected chi connectivity index (χ2v) is 2.67. The number of esters is 1. The fourth-order valence-corrected chi connectivity index (χ4v) is 1.46. The third kappa shape index (κ3) is 0.609. The lowest BCUT2D eigenvalue weighted by Crippen LogP contribution is -2.21. The number of fused-ring (bicyclic) bond motifs is 1. The van der Waals surface area contributed by atoms with Gasteiger partial charge in [0, 0.05) is 5.92 Å². The zero-order chi connectivity index (χ0) is 7.14. The average Bonchev–Trinajstić information content (AvgIpc) is 2.41. The Kier molecular flexibility index (Phi) is 1.08. The van der Waals surface area contributed by atoms with Crippen molar-refractivity contribution in [3.05, 3.63) is 12.2 Å². The normalized spacial score (nSPS) is 43.7. The molecule has 2 rings (SSSR count). The molecule has 1 aliphatic heterocycles. The van der Waals surface area contributed by atoms with Gasteiger partial charge in [-0.2, -0.15) is 0 Å². The summed E-state index contributed by atoms with van der Waals surface area (Å²) in [7, 11) is 0. The first-order chi connectivity index (χ1) is 4.79. The van der Waals surface area contributed by atoms with E-state index in [0.717, 1.165) is 6.42 Å². The molecule has 0 unspecified atom stereocenters. The van der Waals surface area contributed by atoms with Crippen molar-refractivity contribution >= 4 is 5.97 Å². The second kappa shape index (κ2) is 1.83. The molecule has 0 spiro atoms. The van der Waals surface area contributed by atoms with Gasteiger partial charge in [0.1, 0.15) is 6.10 Å². The van der Waals surface area contributed by atoms with Gasteiger partial charge in [0.15, 0.2) is 6.10 Å². The van der Waals surface area contributed by atoms with Crippen molar-refractivity contribution in [3.63, 3.8) is 0 Å². The number of aliphatic hydroxyl groups excluding tert-OH is 1. The molecule has 0 aromatic carbocycles. The van der Waals surface area contributed by atoms with Crippen LogP contribution < -0.4 is 0 Å². The zero-order valence-corrected chi connectivity index (χ0v) is 5.36. The van der Waals surface area contributed by atoms with Crippen LogP contribution in [0.4, 0.5) is 0 Å². The van der Waals surface area contributed by atoms with Crippen LogP contribution >= 0.6 is 0 Å². The molecule has 10 heavy (non-hydrogen) atoms. The summed E-state index contributed by atoms with van der Waals surface area (Å²) >= 11 is 0. The molecule has 0 amide bonds. The van der Waals surface area contributed by atoms with Gasteiger partial charge in [0.05, 0.1) is 0 Å². The summed E-state index contributed by atoms with van der Waals surface area (Å²) in [6, 6.07) is 0. The van der Waals surface area contributed by atoms with E-state index in [2.05, 4.69) is 0 Å². The summed E-state index contributed by atoms with van der Waals surface area (Å²) in [6.07, 6.45) is 3.49. The molecule has 0 bridgehead atoms. The predicted octanol–water partition coefficient (Wildman–Crippen LogP) is -0.151. The van der Waals surface area contributed by atoms with Crippen LogP contribution in [0.5, 0.6) is 0 Å². The lowest BCUT2D eigenvalue weighted by molar-refractivity contribution is -0.146. The van der Waals surface area contributed by atoms with Crippen molar-refractivity contribution in [2.24, 2.45) is 5.92 Å². The minimum atomic E-state index is -0.889. The smallest absolute Gasteiger partial charge is 0.336 e. The molecule has 1 heterocycles. The molecular formula is C7H8O3. The Morgan fingerprint density at radius 1 is 1.70 bits per heavy atom. The van der Waals surface area contributed by atoms with Crippen molar-refractivity contribution in [1.82, 2.24) is 0 Å². The number of hydrogen-bond acceptors (Lipinski definition) is 3. The van der Waals surface area contributed by atoms with Crippen LogP contribution in [0, 0.1) is 5.92 Å². The van der Waals surface area contributed by atoms with Crippen molar-refractivity contribution < 1.29 is 14.6 Å². The lowest BCUT2D eigenvalue weighted by atomic mass is 10.0. The van der Waals surface area contributed by atoms with Crippen LogP contribution in [0.15, 0.2) is 12.2 Å². The molecule has 54 valence electrons. The molecule has 0 aromatic heterocycles. The number of hydrogen-bond donors (Lipinski definition) is 1. The Morgan fingerprint density at radius 2 is 2.50 bits per heavy atom. The van der Waals surface area contributed by atoms with Crippen molar-refractivity contribution in [1.29, 1.82) is 0 Å². The van der Waals surface area contributed by atoms with E-state index in [4.69, 9.17) is 9.84 Å². The van der Waals surface area contributed by atoms with Gasteiger partial charge in [-0.15, -0.1) is 0 Å². The van der Waals surface area contributed by atoms with Crippen molar-refractivity contribution in [3.8, 4) is 0 Å². The summed E-state index contributed by atoms with van der Waals surface area (Å²) in [5.74, 6) is -0.480. The van der Waals surface area contributed by atoms with Crippen molar-refractivity contribution in [2.75, 3.05) is 0 Å². The molecule has 1 N–H and O–H groups in total. The van der Waals surface area contributed by atoms with Crippen LogP contribution in [-0.4, -0.2) is 23.3 Å². The van der Waals surface area contributed by atoms with Crippen LogP contribution in [0.3, 0.4) is 0 Å². The standard InChI is InChI=1S/C7H8O3/c8-6-4-2-1-3-5(4)10-7(6)9/h1,3-6,8H,2H2/t4-,5-,6-/m0/s1. The van der Waals surface area contributed by atoms with Crippen LogP contribution in [0.1, 0.15) is 6.42 Å².